The van der Waals surface area contributed by atoms with Crippen LogP contribution in [-0.4, -0.2) is 17.9 Å². The predicted molar refractivity (Wildman–Crippen MR) is 67.1 cm³/mol. The molecule has 0 aromatic heterocycles. The van der Waals surface area contributed by atoms with Gasteiger partial charge >= 0.3 is 5.97 Å². The van der Waals surface area contributed by atoms with Gasteiger partial charge in [-0.2, -0.15) is 0 Å². The van der Waals surface area contributed by atoms with E-state index in [1.54, 1.807) is 0 Å². The fourth-order valence-electron chi connectivity index (χ4n) is 1.14. The molecule has 0 radical (unpaired) electrons. The second kappa shape index (κ2) is 7.69. The number of carbonyl (C=O) groups excluding carboxylic acids is 1. The summed E-state index contributed by atoms with van der Waals surface area (Å²) in [5.74, 6) is -0.397. The Morgan fingerprint density at radius 1 is 1.53 bits per heavy atom. The van der Waals surface area contributed by atoms with Crippen molar-refractivity contribution in [1.82, 2.24) is 0 Å². The lowest BCUT2D eigenvalue weighted by Gasteiger charge is -2.08. The fourth-order valence-corrected chi connectivity index (χ4v) is 1.55. The molecule has 0 spiro atoms. The van der Waals surface area contributed by atoms with Gasteiger partial charge in [-0.15, -0.1) is 0 Å². The van der Waals surface area contributed by atoms with Crippen molar-refractivity contribution in [3.8, 4) is 0 Å². The summed E-state index contributed by atoms with van der Waals surface area (Å²) >= 11 is 3.57. The van der Waals surface area contributed by atoms with E-state index in [4.69, 9.17) is 0 Å². The molecule has 0 rings (SSSR count). The van der Waals surface area contributed by atoms with Gasteiger partial charge in [0.05, 0.1) is 13.0 Å². The number of alkyl halides is 1. The minimum Gasteiger partial charge on any atom is -0.469 e. The standard InChI is InChI=1S/C12H19BrO2/c1-5-10(11(13)6-2)8-7-9(3)12(14)15-4/h5,7-9,11H,6H2,1-4H3/b8-7-,10-5+. The van der Waals surface area contributed by atoms with E-state index in [1.165, 1.54) is 12.7 Å². The van der Waals surface area contributed by atoms with Crippen molar-refractivity contribution < 1.29 is 9.53 Å². The van der Waals surface area contributed by atoms with Crippen LogP contribution in [0.15, 0.2) is 23.8 Å². The third-order valence-electron chi connectivity index (χ3n) is 2.20. The van der Waals surface area contributed by atoms with E-state index in [2.05, 4.69) is 27.6 Å². The lowest BCUT2D eigenvalue weighted by atomic mass is 10.1. The molecular weight excluding hydrogens is 256 g/mol. The summed E-state index contributed by atoms with van der Waals surface area (Å²) in [5.41, 5.74) is 1.19. The summed E-state index contributed by atoms with van der Waals surface area (Å²) in [7, 11) is 1.41. The first-order valence-corrected chi connectivity index (χ1v) is 6.04. The number of hydrogen-bond donors (Lipinski definition) is 0. The molecule has 86 valence electrons. The van der Waals surface area contributed by atoms with E-state index < -0.39 is 0 Å². The number of rotatable bonds is 5. The molecule has 0 heterocycles. The Hall–Kier alpha value is -0.570. The highest BCUT2D eigenvalue weighted by Crippen LogP contribution is 2.17. The minimum absolute atomic E-state index is 0.193. The largest absolute Gasteiger partial charge is 0.469 e. The number of ether oxygens (including phenoxy) is 1. The van der Waals surface area contributed by atoms with Crippen LogP contribution in [0.1, 0.15) is 27.2 Å². The number of carbonyl (C=O) groups is 1. The van der Waals surface area contributed by atoms with Crippen LogP contribution >= 0.6 is 15.9 Å². The number of halogens is 1. The van der Waals surface area contributed by atoms with Crippen molar-refractivity contribution in [2.45, 2.75) is 32.0 Å². The quantitative estimate of drug-likeness (QED) is 0.436. The smallest absolute Gasteiger partial charge is 0.312 e. The highest BCUT2D eigenvalue weighted by Gasteiger charge is 2.10. The average Bonchev–Trinajstić information content (AvgIpc) is 2.27. The molecule has 0 aliphatic rings. The predicted octanol–water partition coefficient (Wildman–Crippen LogP) is 3.47. The average molecular weight is 275 g/mol. The van der Waals surface area contributed by atoms with Crippen LogP contribution in [0.2, 0.25) is 0 Å². The van der Waals surface area contributed by atoms with Gasteiger partial charge in [0, 0.05) is 4.83 Å². The van der Waals surface area contributed by atoms with Gasteiger partial charge in [0.15, 0.2) is 0 Å². The van der Waals surface area contributed by atoms with Crippen molar-refractivity contribution in [1.29, 1.82) is 0 Å². The molecule has 3 heteroatoms. The number of esters is 1. The van der Waals surface area contributed by atoms with Gasteiger partial charge < -0.3 is 4.74 Å². The van der Waals surface area contributed by atoms with Crippen LogP contribution in [0.3, 0.4) is 0 Å². The first-order chi connectivity index (χ1) is 7.06. The molecule has 0 saturated carbocycles. The van der Waals surface area contributed by atoms with E-state index in [0.717, 1.165) is 6.42 Å². The molecule has 0 aliphatic carbocycles. The Kier molecular flexibility index (Phi) is 7.39. The van der Waals surface area contributed by atoms with Gasteiger partial charge in [-0.3, -0.25) is 4.79 Å². The van der Waals surface area contributed by atoms with Gasteiger partial charge in [-0.05, 0) is 25.8 Å². The SMILES string of the molecule is C/C=C(\C=C/C(C)C(=O)OC)C(Br)CC. The summed E-state index contributed by atoms with van der Waals surface area (Å²) in [6, 6.07) is 0. The molecule has 2 atom stereocenters. The van der Waals surface area contributed by atoms with Crippen molar-refractivity contribution in [3.05, 3.63) is 23.8 Å². The third kappa shape index (κ3) is 5.17. The Bertz CT molecular complexity index is 256. The molecule has 2 unspecified atom stereocenters. The zero-order chi connectivity index (χ0) is 11.8. The molecule has 0 aromatic rings. The van der Waals surface area contributed by atoms with E-state index in [9.17, 15) is 4.79 Å². The summed E-state index contributed by atoms with van der Waals surface area (Å²) in [4.78, 5) is 11.5. The van der Waals surface area contributed by atoms with Crippen LogP contribution in [0.4, 0.5) is 0 Å². The lowest BCUT2D eigenvalue weighted by molar-refractivity contribution is -0.143. The molecular formula is C12H19BrO2. The van der Waals surface area contributed by atoms with E-state index in [0.29, 0.717) is 4.83 Å². The Balaban J connectivity index is 4.43. The topological polar surface area (TPSA) is 26.3 Å². The molecule has 0 N–H and O–H groups in total. The summed E-state index contributed by atoms with van der Waals surface area (Å²) < 4.78 is 4.64. The van der Waals surface area contributed by atoms with Crippen LogP contribution in [-0.2, 0) is 9.53 Å². The first kappa shape index (κ1) is 14.4. The van der Waals surface area contributed by atoms with Gasteiger partial charge in [0.2, 0.25) is 0 Å². The number of allylic oxidation sites excluding steroid dienone is 3. The number of hydrogen-bond acceptors (Lipinski definition) is 2. The fraction of sp³-hybridized carbons (Fsp3) is 0.583. The highest BCUT2D eigenvalue weighted by atomic mass is 79.9. The van der Waals surface area contributed by atoms with E-state index >= 15 is 0 Å². The minimum atomic E-state index is -0.204. The van der Waals surface area contributed by atoms with Gasteiger partial charge in [-0.25, -0.2) is 0 Å². The van der Waals surface area contributed by atoms with Crippen LogP contribution in [0.5, 0.6) is 0 Å². The molecule has 15 heavy (non-hydrogen) atoms. The monoisotopic (exact) mass is 274 g/mol. The maximum atomic E-state index is 11.1. The first-order valence-electron chi connectivity index (χ1n) is 5.13. The lowest BCUT2D eigenvalue weighted by Crippen LogP contribution is -2.10. The normalized spacial score (nSPS) is 16.5. The van der Waals surface area contributed by atoms with Gasteiger partial charge in [0.25, 0.3) is 0 Å². The third-order valence-corrected chi connectivity index (χ3v) is 3.38. The maximum absolute atomic E-state index is 11.1. The Morgan fingerprint density at radius 2 is 2.13 bits per heavy atom. The second-order valence-electron chi connectivity index (χ2n) is 3.34. The molecule has 0 aromatic carbocycles. The second-order valence-corrected chi connectivity index (χ2v) is 4.44. The van der Waals surface area contributed by atoms with E-state index in [-0.39, 0.29) is 11.9 Å². The molecule has 0 saturated heterocycles. The Labute approximate surface area is 101 Å². The van der Waals surface area contributed by atoms with Gasteiger partial charge in [-0.1, -0.05) is 41.1 Å². The van der Waals surface area contributed by atoms with E-state index in [1.807, 2.05) is 32.1 Å². The summed E-state index contributed by atoms with van der Waals surface area (Å²) in [6.45, 7) is 5.93. The molecule has 0 bridgehead atoms. The highest BCUT2D eigenvalue weighted by molar-refractivity contribution is 9.09. The maximum Gasteiger partial charge on any atom is 0.312 e. The molecule has 0 amide bonds. The zero-order valence-electron chi connectivity index (χ0n) is 9.79. The van der Waals surface area contributed by atoms with Crippen molar-refractivity contribution >= 4 is 21.9 Å². The zero-order valence-corrected chi connectivity index (χ0v) is 11.4. The Morgan fingerprint density at radius 3 is 2.53 bits per heavy atom. The molecule has 2 nitrogen and oxygen atoms in total. The van der Waals surface area contributed by atoms with Crippen LogP contribution < -0.4 is 0 Å². The van der Waals surface area contributed by atoms with Crippen LogP contribution in [0, 0.1) is 5.92 Å². The van der Waals surface area contributed by atoms with Crippen molar-refractivity contribution in [2.75, 3.05) is 7.11 Å². The molecule has 0 fully saturated rings. The summed E-state index contributed by atoms with van der Waals surface area (Å²) in [6.07, 6.45) is 6.91. The molecule has 0 aliphatic heterocycles. The van der Waals surface area contributed by atoms with Crippen LogP contribution in [0.25, 0.3) is 0 Å². The van der Waals surface area contributed by atoms with Gasteiger partial charge in [0.1, 0.15) is 0 Å². The summed E-state index contributed by atoms with van der Waals surface area (Å²) in [5, 5.41) is 0. The van der Waals surface area contributed by atoms with Crippen molar-refractivity contribution in [2.24, 2.45) is 5.92 Å². The number of methoxy groups -OCH3 is 1. The van der Waals surface area contributed by atoms with Crippen molar-refractivity contribution in [3.63, 3.8) is 0 Å².